The van der Waals surface area contributed by atoms with Gasteiger partial charge in [-0.25, -0.2) is 4.98 Å². The average Bonchev–Trinajstić information content (AvgIpc) is 4.04. The summed E-state index contributed by atoms with van der Waals surface area (Å²) in [5.74, 6) is 0.285. The molecule has 0 spiro atoms. The maximum absolute atomic E-state index is 7.65. The number of methoxy groups -OCH3 is 4. The molecule has 0 aliphatic carbocycles. The topological polar surface area (TPSA) is 109 Å². The summed E-state index contributed by atoms with van der Waals surface area (Å²) in [6, 6.07) is 29.8. The largest absolute Gasteiger partial charge is 0.497 e. The third-order valence-electron chi connectivity index (χ3n) is 17.3. The summed E-state index contributed by atoms with van der Waals surface area (Å²) in [6.07, 6.45) is 13.6. The molecule has 14 heteroatoms. The van der Waals surface area contributed by atoms with Gasteiger partial charge in [-0.1, -0.05) is 195 Å². The molecule has 2 aliphatic heterocycles. The van der Waals surface area contributed by atoms with Crippen LogP contribution in [0.15, 0.2) is 136 Å². The van der Waals surface area contributed by atoms with Gasteiger partial charge in [0.15, 0.2) is 11.7 Å². The minimum Gasteiger partial charge on any atom is -0.497 e. The normalized spacial score (nSPS) is 24.5. The second kappa shape index (κ2) is 30.3. The van der Waals surface area contributed by atoms with Gasteiger partial charge < -0.3 is 46.4 Å². The Balaban J connectivity index is 1.29. The lowest BCUT2D eigenvalue weighted by atomic mass is 9.79. The Morgan fingerprint density at radius 1 is 0.852 bits per heavy atom. The zero-order chi connectivity index (χ0) is 59.1. The van der Waals surface area contributed by atoms with Gasteiger partial charge in [0.05, 0.1) is 62.9 Å². The summed E-state index contributed by atoms with van der Waals surface area (Å²) in [5.41, 5.74) is 4.94. The number of hydrogen-bond acceptors (Lipinski definition) is 11. The van der Waals surface area contributed by atoms with Gasteiger partial charge in [0, 0.05) is 52.6 Å². The van der Waals surface area contributed by atoms with Gasteiger partial charge >= 0.3 is 0 Å². The first-order valence-electron chi connectivity index (χ1n) is 29.5. The van der Waals surface area contributed by atoms with Crippen LogP contribution in [0.1, 0.15) is 133 Å². The molecule has 0 N–H and O–H groups in total. The molecule has 0 saturated carbocycles. The predicted octanol–water partition coefficient (Wildman–Crippen LogP) is 15.1. The Morgan fingerprint density at radius 3 is 2.02 bits per heavy atom. The molecule has 6 rings (SSSR count). The highest BCUT2D eigenvalue weighted by Gasteiger charge is 2.53. The summed E-state index contributed by atoms with van der Waals surface area (Å²) >= 11 is 3.40. The van der Waals surface area contributed by atoms with E-state index in [1.807, 2.05) is 23.2 Å². The maximum Gasteiger partial charge on any atom is 0.261 e. The first-order valence-corrected chi connectivity index (χ1v) is 34.4. The van der Waals surface area contributed by atoms with Gasteiger partial charge in [-0.3, -0.25) is 0 Å². The first kappa shape index (κ1) is 66.4. The number of ether oxygens (including phenoxy) is 7. The van der Waals surface area contributed by atoms with Crippen molar-refractivity contribution in [1.82, 2.24) is 4.98 Å². The summed E-state index contributed by atoms with van der Waals surface area (Å²) in [4.78, 5) is 6.97. The van der Waals surface area contributed by atoms with Crippen molar-refractivity contribution in [3.8, 4) is 5.75 Å². The summed E-state index contributed by atoms with van der Waals surface area (Å²) < 4.78 is 66.9. The van der Waals surface area contributed by atoms with Crippen molar-refractivity contribution in [2.24, 2.45) is 11.8 Å². The van der Waals surface area contributed by atoms with Gasteiger partial charge in [0.25, 0.3) is 8.32 Å². The molecule has 0 radical (unpaired) electrons. The highest BCUT2D eigenvalue weighted by atomic mass is 79.9. The van der Waals surface area contributed by atoms with E-state index >= 15 is 0 Å². The van der Waals surface area contributed by atoms with Gasteiger partial charge in [-0.2, -0.15) is 0 Å². The van der Waals surface area contributed by atoms with Crippen LogP contribution in [0.2, 0.25) is 21.7 Å². The van der Waals surface area contributed by atoms with Crippen molar-refractivity contribution in [3.63, 3.8) is 0 Å². The number of aromatic nitrogens is 1. The van der Waals surface area contributed by atoms with Crippen LogP contribution in [-0.2, 0) is 50.3 Å². The quantitative estimate of drug-likeness (QED) is 0.0401. The fraction of sp³-hybridized carbons (Fsp3) is 0.567. The molecule has 11 nitrogen and oxygen atoms in total. The van der Waals surface area contributed by atoms with E-state index in [0.717, 1.165) is 28.9 Å². The Bertz CT molecular complexity index is 2570. The van der Waals surface area contributed by atoms with Crippen LogP contribution in [0.5, 0.6) is 5.75 Å². The molecule has 0 bridgehead atoms. The monoisotopic (exact) mass is 1210 g/mol. The fourth-order valence-electron chi connectivity index (χ4n) is 13.1. The molecule has 0 amide bonds. The van der Waals surface area contributed by atoms with Crippen LogP contribution in [0.4, 0.5) is 0 Å². The second-order valence-corrected chi connectivity index (χ2v) is 34.8. The number of hydrogen-bond donors (Lipinski definition) is 0. The Hall–Kier alpha value is -3.78. The van der Waals surface area contributed by atoms with E-state index in [0.29, 0.717) is 60.7 Å². The zero-order valence-corrected chi connectivity index (χ0v) is 55.5. The third kappa shape index (κ3) is 16.4. The number of allylic oxidation sites excluding steroid dienone is 2. The molecule has 3 heterocycles. The van der Waals surface area contributed by atoms with Crippen LogP contribution in [0.25, 0.3) is 6.08 Å². The SMILES string of the molecule is COc1ccc(CO[C@H]2[C@@H](C)[C@@H](CCO[Si](c3ccccc3)(c3ccccc3)C(C)(C)C)O[C@@H](/C(C)=C/c3coc(C[C@]4(OC)C[C@H](OC)C[C@H]([C@@H](/C=C(C)/C=C/[C@@H](C/C=C/Br)OC)O[Si](C(C)C)(C(C)C)C(C)C)O4)n3)[C@@H]2C)cc1. The fourth-order valence-corrected chi connectivity index (χ4v) is 23.4. The highest BCUT2D eigenvalue weighted by molar-refractivity contribution is 9.11. The lowest BCUT2D eigenvalue weighted by molar-refractivity contribution is -0.297. The summed E-state index contributed by atoms with van der Waals surface area (Å²) in [6.45, 7) is 30.6. The number of oxazole rings is 1. The van der Waals surface area contributed by atoms with Crippen LogP contribution >= 0.6 is 15.9 Å². The van der Waals surface area contributed by atoms with E-state index in [2.05, 4.69) is 203 Å². The van der Waals surface area contributed by atoms with Crippen molar-refractivity contribution in [2.75, 3.05) is 35.0 Å². The molecule has 81 heavy (non-hydrogen) atoms. The molecule has 446 valence electrons. The Kier molecular flexibility index (Phi) is 24.9. The molecule has 1 aromatic heterocycles. The summed E-state index contributed by atoms with van der Waals surface area (Å²) in [5, 5.41) is 2.36. The standard InChI is InChI=1S/C67H98BrNO10Si2/c1-46(2)80(47(3)4,48(5)6)79-62(39-49(7)30-33-55(70-14)25-24-37-68)61-41-57(72-16)42-67(73-17,78-61)43-63-69-54(45-74-63)40-50(8)64-52(10)65(75-44-53-31-34-56(71-15)35-32-53)51(9)60(77-64)36-38-76-81(66(11,12)13,58-26-20-18-21-27-58)59-28-22-19-23-29-59/h18-24,26-35,37,39-40,45-48,51-52,55,57,60-62,64-65H,25,36,38,41-44H2,1-17H3/b33-30+,37-24+,49-39+,50-40+/t51-,52-,55+,57+,60+,61+,62+,64-,65-,67-/m0/s1. The van der Waals surface area contributed by atoms with E-state index in [1.54, 1.807) is 34.7 Å². The molecule has 4 aromatic rings. The minimum atomic E-state index is -2.79. The molecule has 2 fully saturated rings. The van der Waals surface area contributed by atoms with Gasteiger partial charge in [0.2, 0.25) is 8.32 Å². The smallest absolute Gasteiger partial charge is 0.261 e. The van der Waals surface area contributed by atoms with E-state index in [1.165, 1.54) is 10.4 Å². The summed E-state index contributed by atoms with van der Waals surface area (Å²) in [7, 11) is 1.68. The Morgan fingerprint density at radius 2 is 1.48 bits per heavy atom. The first-order chi connectivity index (χ1) is 38.6. The molecule has 2 aliphatic rings. The molecule has 0 unspecified atom stereocenters. The van der Waals surface area contributed by atoms with Crippen molar-refractivity contribution in [3.05, 3.63) is 149 Å². The number of benzene rings is 3. The highest BCUT2D eigenvalue weighted by Crippen LogP contribution is 2.46. The number of nitrogens with zero attached hydrogens (tertiary/aromatic N) is 1. The number of halogens is 1. The van der Waals surface area contributed by atoms with Crippen molar-refractivity contribution in [2.45, 2.75) is 199 Å². The molecular formula is C67H98BrNO10Si2. The number of rotatable bonds is 28. The van der Waals surface area contributed by atoms with E-state index in [-0.39, 0.29) is 59.9 Å². The van der Waals surface area contributed by atoms with E-state index in [9.17, 15) is 0 Å². The lowest BCUT2D eigenvalue weighted by Crippen LogP contribution is -2.66. The van der Waals surface area contributed by atoms with Crippen molar-refractivity contribution >= 4 is 49.0 Å². The van der Waals surface area contributed by atoms with Crippen LogP contribution in [-0.4, -0.2) is 105 Å². The van der Waals surface area contributed by atoms with E-state index < -0.39 is 28.5 Å². The minimum absolute atomic E-state index is 0.00929. The maximum atomic E-state index is 7.65. The van der Waals surface area contributed by atoms with Gasteiger partial charge in [-0.15, -0.1) is 0 Å². The molecule has 10 atom stereocenters. The zero-order valence-electron chi connectivity index (χ0n) is 51.9. The molecule has 2 saturated heterocycles. The third-order valence-corrected chi connectivity index (χ3v) is 28.8. The molecular weight excluding hydrogens is 1110 g/mol. The Labute approximate surface area is 498 Å². The average molecular weight is 1210 g/mol. The van der Waals surface area contributed by atoms with Crippen LogP contribution < -0.4 is 15.1 Å². The van der Waals surface area contributed by atoms with Gasteiger partial charge in [-0.05, 0) is 93.1 Å². The molecule has 3 aromatic carbocycles. The van der Waals surface area contributed by atoms with Crippen molar-refractivity contribution in [1.29, 1.82) is 0 Å². The second-order valence-electron chi connectivity index (χ2n) is 24.6. The lowest BCUT2D eigenvalue weighted by Gasteiger charge is -2.49. The predicted molar refractivity (Wildman–Crippen MR) is 338 cm³/mol. The van der Waals surface area contributed by atoms with Crippen LogP contribution in [0, 0.1) is 11.8 Å². The van der Waals surface area contributed by atoms with Crippen molar-refractivity contribution < 1.29 is 46.4 Å². The van der Waals surface area contributed by atoms with Gasteiger partial charge in [0.1, 0.15) is 17.7 Å². The van der Waals surface area contributed by atoms with Crippen LogP contribution in [0.3, 0.4) is 0 Å². The van der Waals surface area contributed by atoms with E-state index in [4.69, 9.17) is 51.4 Å².